The number of carbonyl (C=O) groups excluding carboxylic acids is 1. The molecule has 0 atom stereocenters. The van der Waals surface area contributed by atoms with Crippen LogP contribution >= 0.6 is 11.3 Å². The van der Waals surface area contributed by atoms with Gasteiger partial charge in [0.2, 0.25) is 0 Å². The number of amides is 1. The second kappa shape index (κ2) is 5.49. The van der Waals surface area contributed by atoms with E-state index in [-0.39, 0.29) is 5.91 Å². The molecule has 0 aliphatic heterocycles. The van der Waals surface area contributed by atoms with E-state index in [0.29, 0.717) is 22.9 Å². The Labute approximate surface area is 125 Å². The van der Waals surface area contributed by atoms with Gasteiger partial charge < -0.3 is 11.1 Å². The first-order valence-electron chi connectivity index (χ1n) is 6.49. The van der Waals surface area contributed by atoms with E-state index < -0.39 is 0 Å². The van der Waals surface area contributed by atoms with Crippen LogP contribution in [0.5, 0.6) is 0 Å². The minimum Gasteiger partial charge on any atom is -0.397 e. The van der Waals surface area contributed by atoms with Gasteiger partial charge in [0.15, 0.2) is 0 Å². The maximum Gasteiger partial charge on any atom is 0.263 e. The average molecular weight is 298 g/mol. The molecular formula is C15H14N4OS. The van der Waals surface area contributed by atoms with Gasteiger partial charge in [0.25, 0.3) is 5.91 Å². The van der Waals surface area contributed by atoms with Gasteiger partial charge in [-0.3, -0.25) is 4.79 Å². The van der Waals surface area contributed by atoms with Crippen LogP contribution in [0.4, 0.5) is 5.69 Å². The van der Waals surface area contributed by atoms with Crippen molar-refractivity contribution in [1.29, 1.82) is 0 Å². The molecule has 1 aromatic carbocycles. The van der Waals surface area contributed by atoms with E-state index in [4.69, 9.17) is 5.73 Å². The Bertz CT molecular complexity index is 812. The molecule has 0 spiro atoms. The van der Waals surface area contributed by atoms with E-state index in [0.717, 1.165) is 15.8 Å². The highest BCUT2D eigenvalue weighted by atomic mass is 32.1. The highest BCUT2D eigenvalue weighted by Crippen LogP contribution is 2.33. The summed E-state index contributed by atoms with van der Waals surface area (Å²) in [7, 11) is 0. The van der Waals surface area contributed by atoms with Gasteiger partial charge >= 0.3 is 0 Å². The topological polar surface area (TPSA) is 80.9 Å². The van der Waals surface area contributed by atoms with Crippen molar-refractivity contribution in [2.24, 2.45) is 0 Å². The fourth-order valence-corrected chi connectivity index (χ4v) is 3.13. The standard InChI is InChI=1S/C15H14N4OS/c1-9-17-7-6-10(19-9)8-18-15(20)14-13(16)11-4-2-3-5-12(11)21-14/h2-7H,8,16H2,1H3,(H,18,20). The van der Waals surface area contributed by atoms with Gasteiger partial charge in [0.1, 0.15) is 10.7 Å². The monoisotopic (exact) mass is 298 g/mol. The summed E-state index contributed by atoms with van der Waals surface area (Å²) in [6, 6.07) is 9.51. The normalized spacial score (nSPS) is 10.7. The summed E-state index contributed by atoms with van der Waals surface area (Å²) in [5.41, 5.74) is 7.36. The van der Waals surface area contributed by atoms with Crippen molar-refractivity contribution in [2.75, 3.05) is 5.73 Å². The molecule has 106 valence electrons. The molecule has 5 nitrogen and oxygen atoms in total. The van der Waals surface area contributed by atoms with E-state index in [1.807, 2.05) is 31.2 Å². The van der Waals surface area contributed by atoms with Crippen molar-refractivity contribution in [3.8, 4) is 0 Å². The first kappa shape index (κ1) is 13.5. The van der Waals surface area contributed by atoms with Gasteiger partial charge in [0.05, 0.1) is 17.9 Å². The van der Waals surface area contributed by atoms with Crippen LogP contribution in [0.3, 0.4) is 0 Å². The molecule has 21 heavy (non-hydrogen) atoms. The average Bonchev–Trinajstić information content (AvgIpc) is 2.83. The van der Waals surface area contributed by atoms with E-state index in [9.17, 15) is 4.79 Å². The number of rotatable bonds is 3. The third kappa shape index (κ3) is 2.71. The van der Waals surface area contributed by atoms with Crippen LogP contribution < -0.4 is 11.1 Å². The first-order chi connectivity index (χ1) is 10.1. The second-order valence-electron chi connectivity index (χ2n) is 4.62. The molecule has 6 heteroatoms. The number of aryl methyl sites for hydroxylation is 1. The lowest BCUT2D eigenvalue weighted by Gasteiger charge is -2.04. The lowest BCUT2D eigenvalue weighted by Crippen LogP contribution is -2.23. The van der Waals surface area contributed by atoms with E-state index in [2.05, 4.69) is 15.3 Å². The number of carbonyl (C=O) groups is 1. The largest absolute Gasteiger partial charge is 0.397 e. The van der Waals surface area contributed by atoms with Gasteiger partial charge in [-0.25, -0.2) is 9.97 Å². The molecule has 0 unspecified atom stereocenters. The molecule has 3 aromatic rings. The molecular weight excluding hydrogens is 284 g/mol. The summed E-state index contributed by atoms with van der Waals surface area (Å²) < 4.78 is 1.01. The van der Waals surface area contributed by atoms with Crippen LogP contribution in [0.15, 0.2) is 36.5 Å². The first-order valence-corrected chi connectivity index (χ1v) is 7.30. The number of hydrogen-bond donors (Lipinski definition) is 2. The number of benzene rings is 1. The number of thiophene rings is 1. The van der Waals surface area contributed by atoms with Gasteiger partial charge in [-0.2, -0.15) is 0 Å². The summed E-state index contributed by atoms with van der Waals surface area (Å²) in [5, 5.41) is 3.77. The number of nitrogens with one attached hydrogen (secondary N) is 1. The van der Waals surface area contributed by atoms with Crippen LogP contribution in [0.1, 0.15) is 21.2 Å². The maximum atomic E-state index is 12.3. The summed E-state index contributed by atoms with van der Waals surface area (Å²) in [6.07, 6.45) is 1.68. The predicted octanol–water partition coefficient (Wildman–Crippen LogP) is 2.51. The van der Waals surface area contributed by atoms with Crippen LogP contribution in [0.2, 0.25) is 0 Å². The summed E-state index contributed by atoms with van der Waals surface area (Å²) >= 11 is 1.40. The molecule has 2 heterocycles. The molecule has 0 aliphatic rings. The molecule has 0 saturated heterocycles. The molecule has 2 aromatic heterocycles. The zero-order valence-corrected chi connectivity index (χ0v) is 12.3. The van der Waals surface area contributed by atoms with Crippen molar-refractivity contribution in [3.05, 3.63) is 52.9 Å². The van der Waals surface area contributed by atoms with E-state index in [1.165, 1.54) is 11.3 Å². The molecule has 0 bridgehead atoms. The quantitative estimate of drug-likeness (QED) is 0.778. The number of nitrogens with two attached hydrogens (primary N) is 1. The molecule has 0 aliphatic carbocycles. The Balaban J connectivity index is 1.79. The Hall–Kier alpha value is -2.47. The zero-order chi connectivity index (χ0) is 14.8. The SMILES string of the molecule is Cc1nccc(CNC(=O)c2sc3ccccc3c2N)n1. The summed E-state index contributed by atoms with van der Waals surface area (Å²) in [6.45, 7) is 2.17. The zero-order valence-electron chi connectivity index (χ0n) is 11.5. The van der Waals surface area contributed by atoms with Crippen LogP contribution in [0.25, 0.3) is 10.1 Å². The predicted molar refractivity (Wildman–Crippen MR) is 84.2 cm³/mol. The molecule has 3 rings (SSSR count). The molecule has 0 fully saturated rings. The maximum absolute atomic E-state index is 12.3. The molecule has 3 N–H and O–H groups in total. The van der Waals surface area contributed by atoms with Crippen LogP contribution in [0, 0.1) is 6.92 Å². The lowest BCUT2D eigenvalue weighted by atomic mass is 10.2. The Morgan fingerprint density at radius 1 is 1.33 bits per heavy atom. The number of hydrogen-bond acceptors (Lipinski definition) is 5. The number of nitrogens with zero attached hydrogens (tertiary/aromatic N) is 2. The van der Waals surface area contributed by atoms with Crippen molar-refractivity contribution in [2.45, 2.75) is 13.5 Å². The van der Waals surface area contributed by atoms with Crippen molar-refractivity contribution < 1.29 is 4.79 Å². The second-order valence-corrected chi connectivity index (χ2v) is 5.67. The number of nitrogen functional groups attached to an aromatic ring is 1. The molecule has 1 amide bonds. The van der Waals surface area contributed by atoms with Crippen molar-refractivity contribution >= 4 is 33.0 Å². The van der Waals surface area contributed by atoms with E-state index >= 15 is 0 Å². The highest BCUT2D eigenvalue weighted by molar-refractivity contribution is 7.21. The van der Waals surface area contributed by atoms with Crippen molar-refractivity contribution in [3.63, 3.8) is 0 Å². The molecule has 0 radical (unpaired) electrons. The minimum absolute atomic E-state index is 0.176. The Kier molecular flexibility index (Phi) is 3.53. The lowest BCUT2D eigenvalue weighted by molar-refractivity contribution is 0.0955. The summed E-state index contributed by atoms with van der Waals surface area (Å²) in [4.78, 5) is 21.1. The fraction of sp³-hybridized carbons (Fsp3) is 0.133. The third-order valence-electron chi connectivity index (χ3n) is 3.10. The van der Waals surface area contributed by atoms with Gasteiger partial charge in [-0.1, -0.05) is 18.2 Å². The third-order valence-corrected chi connectivity index (χ3v) is 4.29. The Morgan fingerprint density at radius 2 is 2.14 bits per heavy atom. The smallest absolute Gasteiger partial charge is 0.263 e. The van der Waals surface area contributed by atoms with E-state index in [1.54, 1.807) is 12.3 Å². The highest BCUT2D eigenvalue weighted by Gasteiger charge is 2.15. The number of fused-ring (bicyclic) bond motifs is 1. The van der Waals surface area contributed by atoms with Crippen LogP contribution in [-0.2, 0) is 6.54 Å². The minimum atomic E-state index is -0.176. The number of anilines is 1. The van der Waals surface area contributed by atoms with Crippen molar-refractivity contribution in [1.82, 2.24) is 15.3 Å². The van der Waals surface area contributed by atoms with Gasteiger partial charge in [-0.15, -0.1) is 11.3 Å². The summed E-state index contributed by atoms with van der Waals surface area (Å²) in [5.74, 6) is 0.507. The number of aromatic nitrogens is 2. The van der Waals surface area contributed by atoms with Gasteiger partial charge in [-0.05, 0) is 19.1 Å². The van der Waals surface area contributed by atoms with Gasteiger partial charge in [0, 0.05) is 16.3 Å². The molecule has 0 saturated carbocycles. The fourth-order valence-electron chi connectivity index (χ4n) is 2.09. The Morgan fingerprint density at radius 3 is 2.90 bits per heavy atom. The van der Waals surface area contributed by atoms with Crippen LogP contribution in [-0.4, -0.2) is 15.9 Å².